The molecule has 0 radical (unpaired) electrons. The van der Waals surface area contributed by atoms with Gasteiger partial charge in [0.1, 0.15) is 6.79 Å². The molecule has 0 aliphatic rings. The molecule has 0 bridgehead atoms. The molecule has 0 aliphatic carbocycles. The molecule has 2 heteroatoms. The second-order valence-corrected chi connectivity index (χ2v) is 8.63. The number of allylic oxidation sites excluding steroid dienone is 3. The van der Waals surface area contributed by atoms with Crippen LogP contribution in [0.15, 0.2) is 24.3 Å². The van der Waals surface area contributed by atoms with Crippen LogP contribution in [0.3, 0.4) is 0 Å². The van der Waals surface area contributed by atoms with E-state index in [0.717, 1.165) is 19.6 Å². The Bertz CT molecular complexity index is 349. The number of hydrogen-bond donors (Lipinski definition) is 0. The van der Waals surface area contributed by atoms with E-state index in [9.17, 15) is 0 Å². The van der Waals surface area contributed by atoms with Crippen LogP contribution in [-0.2, 0) is 9.47 Å². The van der Waals surface area contributed by atoms with Gasteiger partial charge in [-0.25, -0.2) is 0 Å². The second-order valence-electron chi connectivity index (χ2n) is 8.63. The first-order valence-electron chi connectivity index (χ1n) is 13.4. The number of unbranched alkanes of at least 4 members (excludes halogenated alkanes) is 15. The minimum absolute atomic E-state index is 0.457. The quantitative estimate of drug-likeness (QED) is 0.0828. The summed E-state index contributed by atoms with van der Waals surface area (Å²) in [5, 5.41) is 0. The van der Waals surface area contributed by atoms with E-state index < -0.39 is 0 Å². The molecule has 0 spiro atoms. The van der Waals surface area contributed by atoms with E-state index in [1.54, 1.807) is 0 Å². The molecular weight excluding hydrogens is 368 g/mol. The van der Waals surface area contributed by atoms with Crippen molar-refractivity contribution in [1.29, 1.82) is 0 Å². The van der Waals surface area contributed by atoms with Gasteiger partial charge in [0.2, 0.25) is 0 Å². The van der Waals surface area contributed by atoms with Crippen molar-refractivity contribution in [2.75, 3.05) is 20.0 Å². The SMILES string of the molecule is CCCC/C=C/CCCCCCCC/C=C\CCOCOCCCCCCCCC. The van der Waals surface area contributed by atoms with Gasteiger partial charge < -0.3 is 9.47 Å². The van der Waals surface area contributed by atoms with Crippen molar-refractivity contribution < 1.29 is 9.47 Å². The fourth-order valence-electron chi connectivity index (χ4n) is 3.51. The molecule has 0 N–H and O–H groups in total. The highest BCUT2D eigenvalue weighted by molar-refractivity contribution is 4.82. The summed E-state index contributed by atoms with van der Waals surface area (Å²) in [6.45, 7) is 6.60. The zero-order valence-corrected chi connectivity index (χ0v) is 20.7. The summed E-state index contributed by atoms with van der Waals surface area (Å²) < 4.78 is 11.1. The Hall–Kier alpha value is -0.600. The van der Waals surface area contributed by atoms with Crippen molar-refractivity contribution >= 4 is 0 Å². The Morgan fingerprint density at radius 2 is 0.833 bits per heavy atom. The van der Waals surface area contributed by atoms with Crippen molar-refractivity contribution in [3.05, 3.63) is 24.3 Å². The monoisotopic (exact) mass is 422 g/mol. The maximum absolute atomic E-state index is 5.54. The molecule has 0 aromatic carbocycles. The van der Waals surface area contributed by atoms with Crippen molar-refractivity contribution in [2.45, 2.75) is 136 Å². The third kappa shape index (κ3) is 27.4. The molecule has 2 nitrogen and oxygen atoms in total. The Labute approximate surface area is 189 Å². The summed E-state index contributed by atoms with van der Waals surface area (Å²) in [5.74, 6) is 0. The van der Waals surface area contributed by atoms with Gasteiger partial charge in [-0.05, 0) is 44.9 Å². The highest BCUT2D eigenvalue weighted by Gasteiger charge is 1.93. The van der Waals surface area contributed by atoms with Gasteiger partial charge in [-0.3, -0.25) is 0 Å². The molecule has 0 aromatic rings. The van der Waals surface area contributed by atoms with Crippen LogP contribution in [-0.4, -0.2) is 20.0 Å². The zero-order valence-electron chi connectivity index (χ0n) is 20.7. The van der Waals surface area contributed by atoms with E-state index >= 15 is 0 Å². The van der Waals surface area contributed by atoms with Gasteiger partial charge >= 0.3 is 0 Å². The number of ether oxygens (including phenoxy) is 2. The molecule has 0 saturated heterocycles. The average molecular weight is 423 g/mol. The van der Waals surface area contributed by atoms with E-state index in [4.69, 9.17) is 9.47 Å². The van der Waals surface area contributed by atoms with Crippen LogP contribution in [0.2, 0.25) is 0 Å². The van der Waals surface area contributed by atoms with E-state index in [1.165, 1.54) is 116 Å². The number of hydrogen-bond acceptors (Lipinski definition) is 2. The summed E-state index contributed by atoms with van der Waals surface area (Å²) in [5.41, 5.74) is 0. The molecule has 0 amide bonds. The standard InChI is InChI=1S/C28H54O2/c1-3-5-7-9-11-12-13-14-15-16-17-18-19-21-23-25-27-30-28-29-26-24-22-20-10-8-6-4-2/h9,11,21,23H,3-8,10,12-20,22,24-28H2,1-2H3/b11-9+,23-21-. The van der Waals surface area contributed by atoms with E-state index in [0.29, 0.717) is 6.79 Å². The van der Waals surface area contributed by atoms with Gasteiger partial charge in [0.05, 0.1) is 6.61 Å². The van der Waals surface area contributed by atoms with Crippen LogP contribution in [0.1, 0.15) is 136 Å². The van der Waals surface area contributed by atoms with Gasteiger partial charge in [-0.2, -0.15) is 0 Å². The first kappa shape index (κ1) is 29.4. The van der Waals surface area contributed by atoms with Gasteiger partial charge in [0.15, 0.2) is 0 Å². The van der Waals surface area contributed by atoms with Gasteiger partial charge in [-0.1, -0.05) is 115 Å². The van der Waals surface area contributed by atoms with Crippen LogP contribution < -0.4 is 0 Å². The van der Waals surface area contributed by atoms with Crippen molar-refractivity contribution in [3.63, 3.8) is 0 Å². The molecule has 0 rings (SSSR count). The maximum Gasteiger partial charge on any atom is 0.146 e. The first-order chi connectivity index (χ1) is 14.9. The Kier molecular flexibility index (Phi) is 27.8. The van der Waals surface area contributed by atoms with Crippen molar-refractivity contribution in [3.8, 4) is 0 Å². The van der Waals surface area contributed by atoms with Gasteiger partial charge in [0, 0.05) is 6.61 Å². The molecule has 30 heavy (non-hydrogen) atoms. The van der Waals surface area contributed by atoms with Crippen molar-refractivity contribution in [1.82, 2.24) is 0 Å². The fourth-order valence-corrected chi connectivity index (χ4v) is 3.51. The van der Waals surface area contributed by atoms with Crippen LogP contribution in [0.25, 0.3) is 0 Å². The fraction of sp³-hybridized carbons (Fsp3) is 0.857. The molecule has 0 aromatic heterocycles. The minimum atomic E-state index is 0.457. The molecule has 0 fully saturated rings. The summed E-state index contributed by atoms with van der Waals surface area (Å²) in [6, 6.07) is 0. The van der Waals surface area contributed by atoms with Crippen LogP contribution in [0, 0.1) is 0 Å². The average Bonchev–Trinajstić information content (AvgIpc) is 2.76. The number of rotatable bonds is 25. The molecule has 0 aliphatic heterocycles. The lowest BCUT2D eigenvalue weighted by Crippen LogP contribution is -2.02. The van der Waals surface area contributed by atoms with E-state index in [-0.39, 0.29) is 0 Å². The second kappa shape index (κ2) is 28.4. The zero-order chi connectivity index (χ0) is 21.8. The van der Waals surface area contributed by atoms with Crippen LogP contribution in [0.5, 0.6) is 0 Å². The largest absolute Gasteiger partial charge is 0.355 e. The Morgan fingerprint density at radius 3 is 1.43 bits per heavy atom. The van der Waals surface area contributed by atoms with Crippen LogP contribution >= 0.6 is 0 Å². The smallest absolute Gasteiger partial charge is 0.146 e. The summed E-state index contributed by atoms with van der Waals surface area (Å²) >= 11 is 0. The minimum Gasteiger partial charge on any atom is -0.355 e. The Balaban J connectivity index is 3.10. The molecule has 178 valence electrons. The van der Waals surface area contributed by atoms with Crippen molar-refractivity contribution in [2.24, 2.45) is 0 Å². The lowest BCUT2D eigenvalue weighted by molar-refractivity contribution is -0.0531. The third-order valence-electron chi connectivity index (χ3n) is 5.54. The maximum atomic E-state index is 5.54. The van der Waals surface area contributed by atoms with Crippen LogP contribution in [0.4, 0.5) is 0 Å². The molecule has 0 unspecified atom stereocenters. The molecule has 0 saturated carbocycles. The summed E-state index contributed by atoms with van der Waals surface area (Å²) in [4.78, 5) is 0. The highest BCUT2D eigenvalue weighted by Crippen LogP contribution is 2.10. The highest BCUT2D eigenvalue weighted by atomic mass is 16.7. The van der Waals surface area contributed by atoms with Gasteiger partial charge in [-0.15, -0.1) is 0 Å². The van der Waals surface area contributed by atoms with E-state index in [1.807, 2.05) is 0 Å². The predicted molar refractivity (Wildman–Crippen MR) is 134 cm³/mol. The molecular formula is C28H54O2. The van der Waals surface area contributed by atoms with E-state index in [2.05, 4.69) is 38.2 Å². The lowest BCUT2D eigenvalue weighted by atomic mass is 10.1. The topological polar surface area (TPSA) is 18.5 Å². The summed E-state index contributed by atoms with van der Waals surface area (Å²) in [7, 11) is 0. The Morgan fingerprint density at radius 1 is 0.400 bits per heavy atom. The van der Waals surface area contributed by atoms with Gasteiger partial charge in [0.25, 0.3) is 0 Å². The molecule has 0 heterocycles. The normalized spacial score (nSPS) is 11.9. The lowest BCUT2D eigenvalue weighted by Gasteiger charge is -2.05. The molecule has 0 atom stereocenters. The summed E-state index contributed by atoms with van der Waals surface area (Å²) in [6.07, 6.45) is 34.3. The first-order valence-corrected chi connectivity index (χ1v) is 13.4. The third-order valence-corrected chi connectivity index (χ3v) is 5.54. The predicted octanol–water partition coefficient (Wildman–Crippen LogP) is 9.54.